The summed E-state index contributed by atoms with van der Waals surface area (Å²) >= 11 is 0. The fraction of sp³-hybridized carbons (Fsp3) is 0.412. The Morgan fingerprint density at radius 3 is 2.79 bits per heavy atom. The number of hydrogen-bond donors (Lipinski definition) is 2. The molecule has 2 N–H and O–H groups in total. The van der Waals surface area contributed by atoms with Crippen LogP contribution in [0.5, 0.6) is 5.75 Å². The predicted octanol–water partition coefficient (Wildman–Crippen LogP) is 2.57. The molecule has 2 rings (SSSR count). The highest BCUT2D eigenvalue weighted by atomic mass is 127. The highest BCUT2D eigenvalue weighted by molar-refractivity contribution is 14.0. The van der Waals surface area contributed by atoms with Crippen molar-refractivity contribution in [3.63, 3.8) is 0 Å². The lowest BCUT2D eigenvalue weighted by molar-refractivity contribution is 0.411. The molecule has 1 heterocycles. The van der Waals surface area contributed by atoms with Crippen LogP contribution < -0.4 is 15.4 Å². The molecule has 1 aromatic carbocycles. The Balaban J connectivity index is 0.00000288. The quantitative estimate of drug-likeness (QED) is 0.299. The molecule has 1 aromatic heterocycles. The minimum absolute atomic E-state index is 0. The maximum atomic E-state index is 5.28. The summed E-state index contributed by atoms with van der Waals surface area (Å²) in [4.78, 5) is 4.24. The maximum Gasteiger partial charge on any atom is 0.191 e. The SMILES string of the molecule is CN=C(NCCCn1cccn1)NCc1ccc(OC)c(C)c1.I. The Kier molecular flexibility index (Phi) is 9.21. The van der Waals surface area contributed by atoms with E-state index in [1.165, 1.54) is 5.56 Å². The van der Waals surface area contributed by atoms with Gasteiger partial charge in [0.15, 0.2) is 5.96 Å². The fourth-order valence-corrected chi connectivity index (χ4v) is 2.34. The van der Waals surface area contributed by atoms with Crippen LogP contribution >= 0.6 is 24.0 Å². The lowest BCUT2D eigenvalue weighted by atomic mass is 10.1. The summed E-state index contributed by atoms with van der Waals surface area (Å²) in [6.07, 6.45) is 4.76. The number of methoxy groups -OCH3 is 1. The number of ether oxygens (including phenoxy) is 1. The van der Waals surface area contributed by atoms with Gasteiger partial charge in [-0.3, -0.25) is 9.67 Å². The lowest BCUT2D eigenvalue weighted by Crippen LogP contribution is -2.37. The molecule has 24 heavy (non-hydrogen) atoms. The second-order valence-corrected chi connectivity index (χ2v) is 5.28. The first-order valence-electron chi connectivity index (χ1n) is 7.78. The van der Waals surface area contributed by atoms with Crippen molar-refractivity contribution in [3.05, 3.63) is 47.8 Å². The summed E-state index contributed by atoms with van der Waals surface area (Å²) in [6.45, 7) is 4.52. The first-order chi connectivity index (χ1) is 11.2. The summed E-state index contributed by atoms with van der Waals surface area (Å²) in [5, 5.41) is 10.8. The molecule has 0 bridgehead atoms. The highest BCUT2D eigenvalue weighted by Gasteiger charge is 2.02. The van der Waals surface area contributed by atoms with Gasteiger partial charge in [-0.05, 0) is 36.6 Å². The zero-order valence-corrected chi connectivity index (χ0v) is 16.8. The molecule has 0 fully saturated rings. The van der Waals surface area contributed by atoms with Crippen molar-refractivity contribution in [2.24, 2.45) is 4.99 Å². The van der Waals surface area contributed by atoms with Crippen LogP contribution in [0.3, 0.4) is 0 Å². The number of aliphatic imine (C=N–C) groups is 1. The minimum atomic E-state index is 0. The van der Waals surface area contributed by atoms with E-state index in [2.05, 4.69) is 32.9 Å². The molecule has 0 aliphatic heterocycles. The van der Waals surface area contributed by atoms with Crippen LogP contribution in [0, 0.1) is 6.92 Å². The Hall–Kier alpha value is -1.77. The van der Waals surface area contributed by atoms with Crippen LogP contribution in [0.4, 0.5) is 0 Å². The first kappa shape index (κ1) is 20.3. The third kappa shape index (κ3) is 6.38. The molecule has 0 spiro atoms. The normalized spacial score (nSPS) is 10.9. The Labute approximate surface area is 160 Å². The maximum absolute atomic E-state index is 5.28. The molecule has 0 atom stereocenters. The molecule has 132 valence electrons. The smallest absolute Gasteiger partial charge is 0.191 e. The van der Waals surface area contributed by atoms with Gasteiger partial charge >= 0.3 is 0 Å². The largest absolute Gasteiger partial charge is 0.496 e. The third-order valence-corrected chi connectivity index (χ3v) is 3.56. The van der Waals surface area contributed by atoms with Gasteiger partial charge in [-0.25, -0.2) is 0 Å². The van der Waals surface area contributed by atoms with Gasteiger partial charge in [-0.15, -0.1) is 24.0 Å². The lowest BCUT2D eigenvalue weighted by Gasteiger charge is -2.13. The molecule has 6 nitrogen and oxygen atoms in total. The van der Waals surface area contributed by atoms with Gasteiger partial charge in [0.25, 0.3) is 0 Å². The van der Waals surface area contributed by atoms with E-state index < -0.39 is 0 Å². The van der Waals surface area contributed by atoms with E-state index in [4.69, 9.17) is 4.74 Å². The van der Waals surface area contributed by atoms with E-state index >= 15 is 0 Å². The number of aromatic nitrogens is 2. The first-order valence-corrected chi connectivity index (χ1v) is 7.78. The number of hydrogen-bond acceptors (Lipinski definition) is 3. The van der Waals surface area contributed by atoms with Crippen molar-refractivity contribution in [1.29, 1.82) is 0 Å². The van der Waals surface area contributed by atoms with Crippen molar-refractivity contribution in [1.82, 2.24) is 20.4 Å². The van der Waals surface area contributed by atoms with Crippen LogP contribution in [0.2, 0.25) is 0 Å². The van der Waals surface area contributed by atoms with Crippen LogP contribution in [-0.2, 0) is 13.1 Å². The minimum Gasteiger partial charge on any atom is -0.496 e. The molecule has 0 amide bonds. The number of nitrogens with one attached hydrogen (secondary N) is 2. The predicted molar refractivity (Wildman–Crippen MR) is 108 cm³/mol. The second kappa shape index (κ2) is 10.9. The Bertz CT molecular complexity index is 628. The number of rotatable bonds is 7. The number of aryl methyl sites for hydroxylation is 2. The summed E-state index contributed by atoms with van der Waals surface area (Å²) in [7, 11) is 3.47. The average Bonchev–Trinajstić information content (AvgIpc) is 3.07. The monoisotopic (exact) mass is 443 g/mol. The molecule has 0 saturated heterocycles. The second-order valence-electron chi connectivity index (χ2n) is 5.28. The van der Waals surface area contributed by atoms with E-state index in [1.54, 1.807) is 20.4 Å². The van der Waals surface area contributed by atoms with Crippen molar-refractivity contribution >= 4 is 29.9 Å². The van der Waals surface area contributed by atoms with Crippen molar-refractivity contribution in [2.45, 2.75) is 26.4 Å². The summed E-state index contributed by atoms with van der Waals surface area (Å²) < 4.78 is 7.21. The topological polar surface area (TPSA) is 63.5 Å². The number of benzene rings is 1. The van der Waals surface area contributed by atoms with E-state index in [9.17, 15) is 0 Å². The van der Waals surface area contributed by atoms with Crippen molar-refractivity contribution in [2.75, 3.05) is 20.7 Å². The van der Waals surface area contributed by atoms with Crippen LogP contribution in [0.25, 0.3) is 0 Å². The van der Waals surface area contributed by atoms with Crippen LogP contribution in [-0.4, -0.2) is 36.4 Å². The number of guanidine groups is 1. The molecule has 2 aromatic rings. The summed E-state index contributed by atoms with van der Waals surface area (Å²) in [6, 6.07) is 8.11. The summed E-state index contributed by atoms with van der Waals surface area (Å²) in [5.41, 5.74) is 2.33. The molecule has 0 unspecified atom stereocenters. The van der Waals surface area contributed by atoms with Gasteiger partial charge in [0.1, 0.15) is 5.75 Å². The Morgan fingerprint density at radius 2 is 2.17 bits per heavy atom. The van der Waals surface area contributed by atoms with Gasteiger partial charge in [-0.1, -0.05) is 12.1 Å². The van der Waals surface area contributed by atoms with Gasteiger partial charge in [0.05, 0.1) is 7.11 Å². The molecular weight excluding hydrogens is 417 g/mol. The van der Waals surface area contributed by atoms with E-state index in [0.29, 0.717) is 0 Å². The summed E-state index contributed by atoms with van der Waals surface area (Å²) in [5.74, 6) is 1.72. The molecule has 0 radical (unpaired) electrons. The van der Waals surface area contributed by atoms with Crippen LogP contribution in [0.15, 0.2) is 41.7 Å². The molecular formula is C17H26IN5O. The zero-order valence-electron chi connectivity index (χ0n) is 14.5. The van der Waals surface area contributed by atoms with Crippen LogP contribution in [0.1, 0.15) is 17.5 Å². The van der Waals surface area contributed by atoms with Crippen molar-refractivity contribution in [3.8, 4) is 5.75 Å². The number of halogens is 1. The Morgan fingerprint density at radius 1 is 1.33 bits per heavy atom. The standard InChI is InChI=1S/C17H25N5O.HI/c1-14-12-15(6-7-16(14)23-3)13-20-17(18-2)19-8-4-10-22-11-5-9-21-22;/h5-7,9,11-12H,4,8,10,13H2,1-3H3,(H2,18,19,20);1H. The third-order valence-electron chi connectivity index (χ3n) is 3.56. The van der Waals surface area contributed by atoms with E-state index in [-0.39, 0.29) is 24.0 Å². The fourth-order valence-electron chi connectivity index (χ4n) is 2.34. The average molecular weight is 443 g/mol. The highest BCUT2D eigenvalue weighted by Crippen LogP contribution is 2.18. The van der Waals surface area contributed by atoms with Gasteiger partial charge in [-0.2, -0.15) is 5.10 Å². The molecule has 0 saturated carbocycles. The molecule has 0 aliphatic rings. The number of nitrogens with zero attached hydrogens (tertiary/aromatic N) is 3. The van der Waals surface area contributed by atoms with E-state index in [0.717, 1.165) is 43.3 Å². The van der Waals surface area contributed by atoms with Gasteiger partial charge < -0.3 is 15.4 Å². The molecule has 7 heteroatoms. The van der Waals surface area contributed by atoms with Gasteiger partial charge in [0, 0.05) is 39.1 Å². The van der Waals surface area contributed by atoms with E-state index in [1.807, 2.05) is 29.9 Å². The van der Waals surface area contributed by atoms with Crippen molar-refractivity contribution < 1.29 is 4.74 Å². The van der Waals surface area contributed by atoms with Gasteiger partial charge in [0.2, 0.25) is 0 Å². The molecule has 0 aliphatic carbocycles. The zero-order chi connectivity index (χ0) is 16.5.